The fourth-order valence-electron chi connectivity index (χ4n) is 4.93. The minimum atomic E-state index is -3.60. The fraction of sp³-hybridized carbons (Fsp3) is 0.452. The molecule has 11 nitrogen and oxygen atoms in total. The smallest absolute Gasteiger partial charge is 0.255 e. The number of sulfonamides is 1. The number of methoxy groups -OCH3 is 1. The summed E-state index contributed by atoms with van der Waals surface area (Å²) in [5.41, 5.74) is 2.24. The summed E-state index contributed by atoms with van der Waals surface area (Å²) < 4.78 is 38.3. The lowest BCUT2D eigenvalue weighted by atomic mass is 9.86. The van der Waals surface area contributed by atoms with Crippen molar-refractivity contribution in [1.82, 2.24) is 14.9 Å². The third-order valence-corrected chi connectivity index (χ3v) is 8.05. The van der Waals surface area contributed by atoms with Gasteiger partial charge in [0.25, 0.3) is 5.91 Å². The lowest BCUT2D eigenvalue weighted by Gasteiger charge is -2.35. The molecule has 0 saturated carbocycles. The normalized spacial score (nSPS) is 14.5. The van der Waals surface area contributed by atoms with Gasteiger partial charge in [0, 0.05) is 37.0 Å². The van der Waals surface area contributed by atoms with Crippen molar-refractivity contribution in [2.24, 2.45) is 0 Å². The van der Waals surface area contributed by atoms with Crippen molar-refractivity contribution in [2.75, 3.05) is 55.5 Å². The van der Waals surface area contributed by atoms with E-state index >= 15 is 0 Å². The van der Waals surface area contributed by atoms with Gasteiger partial charge >= 0.3 is 0 Å². The molecular formula is C31H42N6O5S. The summed E-state index contributed by atoms with van der Waals surface area (Å²) in [5.74, 6) is 1.28. The maximum Gasteiger partial charge on any atom is 0.255 e. The second-order valence-electron chi connectivity index (χ2n) is 12.1. The summed E-state index contributed by atoms with van der Waals surface area (Å²) in [4.78, 5) is 27.0. The highest BCUT2D eigenvalue weighted by Crippen LogP contribution is 2.39. The van der Waals surface area contributed by atoms with Crippen LogP contribution in [-0.2, 0) is 15.4 Å². The first kappa shape index (κ1) is 32.0. The number of hydrogen-bond acceptors (Lipinski definition) is 9. The van der Waals surface area contributed by atoms with Gasteiger partial charge in [-0.3, -0.25) is 9.52 Å². The van der Waals surface area contributed by atoms with Crippen LogP contribution in [0.4, 0.5) is 17.3 Å². The summed E-state index contributed by atoms with van der Waals surface area (Å²) >= 11 is 0. The zero-order valence-corrected chi connectivity index (χ0v) is 27.0. The molecule has 0 atom stereocenters. The summed E-state index contributed by atoms with van der Waals surface area (Å²) in [6, 6.07) is 10.9. The van der Waals surface area contributed by atoms with Gasteiger partial charge in [-0.05, 0) is 74.7 Å². The summed E-state index contributed by atoms with van der Waals surface area (Å²) in [6.45, 7) is 9.62. The molecule has 1 saturated heterocycles. The highest BCUT2D eigenvalue weighted by molar-refractivity contribution is 7.92. The fourth-order valence-corrected chi connectivity index (χ4v) is 5.48. The number of amides is 1. The quantitative estimate of drug-likeness (QED) is 0.343. The van der Waals surface area contributed by atoms with Gasteiger partial charge in [-0.15, -0.1) is 0 Å². The molecule has 2 N–H and O–H groups in total. The van der Waals surface area contributed by atoms with Crippen molar-refractivity contribution < 1.29 is 22.7 Å². The minimum absolute atomic E-state index is 0.207. The highest BCUT2D eigenvalue weighted by atomic mass is 32.2. The number of benzene rings is 2. The number of hydrogen-bond donors (Lipinski definition) is 2. The molecule has 4 rings (SSSR count). The molecule has 1 aliphatic rings. The molecule has 0 spiro atoms. The zero-order valence-electron chi connectivity index (χ0n) is 26.2. The molecule has 0 bridgehead atoms. The summed E-state index contributed by atoms with van der Waals surface area (Å²) in [7, 11) is 2.04. The van der Waals surface area contributed by atoms with Gasteiger partial charge in [0.1, 0.15) is 5.75 Å². The van der Waals surface area contributed by atoms with E-state index in [1.165, 1.54) is 7.11 Å². The standard InChI is InChI=1S/C31H42N6O5S/c1-20-9-10-21(17-26(20)42-27-11-14-32-30(34-27)37-15-12-23(13-16-37)36(5)6)29(38)33-24-18-22(31(2,3)4)19-25(28(24)41-7)35-43(8,39)40/h9-11,14,17-19,23,35H,12-13,15-16H2,1-8H3,(H,33,38). The van der Waals surface area contributed by atoms with Crippen LogP contribution >= 0.6 is 0 Å². The topological polar surface area (TPSA) is 126 Å². The second kappa shape index (κ2) is 12.8. The average Bonchev–Trinajstić information content (AvgIpc) is 2.93. The van der Waals surface area contributed by atoms with Crippen molar-refractivity contribution in [1.29, 1.82) is 0 Å². The number of anilines is 3. The molecule has 43 heavy (non-hydrogen) atoms. The number of piperidine rings is 1. The third kappa shape index (κ3) is 8.14. The molecule has 232 valence electrons. The molecule has 2 aromatic carbocycles. The van der Waals surface area contributed by atoms with Crippen LogP contribution in [0.2, 0.25) is 0 Å². The number of nitrogens with zero attached hydrogens (tertiary/aromatic N) is 4. The number of ether oxygens (including phenoxy) is 2. The van der Waals surface area contributed by atoms with E-state index in [4.69, 9.17) is 9.47 Å². The van der Waals surface area contributed by atoms with E-state index in [1.54, 1.807) is 42.6 Å². The minimum Gasteiger partial charge on any atom is -0.492 e. The molecule has 1 fully saturated rings. The van der Waals surface area contributed by atoms with Crippen LogP contribution in [0.3, 0.4) is 0 Å². The predicted molar refractivity (Wildman–Crippen MR) is 170 cm³/mol. The van der Waals surface area contributed by atoms with E-state index < -0.39 is 15.9 Å². The van der Waals surface area contributed by atoms with Gasteiger partial charge in [0.2, 0.25) is 21.9 Å². The Kier molecular flexibility index (Phi) is 9.50. The molecule has 2 heterocycles. The van der Waals surface area contributed by atoms with Crippen LogP contribution in [0.25, 0.3) is 0 Å². The van der Waals surface area contributed by atoms with E-state index in [9.17, 15) is 13.2 Å². The SMILES string of the molecule is COc1c(NC(=O)c2ccc(C)c(Oc3ccnc(N4CCC(N(C)C)CC4)n3)c2)cc(C(C)(C)C)cc1NS(C)(=O)=O. The van der Waals surface area contributed by atoms with Gasteiger partial charge in [0.05, 0.1) is 24.7 Å². The van der Waals surface area contributed by atoms with Crippen molar-refractivity contribution in [2.45, 2.75) is 52.0 Å². The van der Waals surface area contributed by atoms with Crippen molar-refractivity contribution >= 4 is 33.3 Å². The molecule has 0 aliphatic carbocycles. The average molecular weight is 611 g/mol. The summed E-state index contributed by atoms with van der Waals surface area (Å²) in [5, 5.41) is 2.90. The Bertz CT molecular complexity index is 1580. The van der Waals surface area contributed by atoms with Crippen LogP contribution in [0, 0.1) is 6.92 Å². The van der Waals surface area contributed by atoms with Crippen molar-refractivity contribution in [3.05, 3.63) is 59.3 Å². The van der Waals surface area contributed by atoms with E-state index in [2.05, 4.69) is 43.9 Å². The molecule has 0 unspecified atom stereocenters. The molecule has 1 aliphatic heterocycles. The molecule has 3 aromatic rings. The van der Waals surface area contributed by atoms with Gasteiger partial charge < -0.3 is 24.6 Å². The number of aromatic nitrogens is 2. The van der Waals surface area contributed by atoms with Crippen LogP contribution in [0.5, 0.6) is 17.4 Å². The Morgan fingerprint density at radius 1 is 1.07 bits per heavy atom. The number of carbonyl (C=O) groups is 1. The Balaban J connectivity index is 1.58. The largest absolute Gasteiger partial charge is 0.492 e. The maximum absolute atomic E-state index is 13.5. The second-order valence-corrected chi connectivity index (χ2v) is 13.9. The Hall–Kier alpha value is -3.90. The van der Waals surface area contributed by atoms with Crippen LogP contribution < -0.4 is 24.4 Å². The Morgan fingerprint density at radius 3 is 2.35 bits per heavy atom. The zero-order chi connectivity index (χ0) is 31.5. The first-order chi connectivity index (χ1) is 20.1. The van der Waals surface area contributed by atoms with Crippen molar-refractivity contribution in [3.8, 4) is 17.4 Å². The van der Waals surface area contributed by atoms with Gasteiger partial charge in [-0.2, -0.15) is 4.98 Å². The van der Waals surface area contributed by atoms with E-state index in [1.807, 2.05) is 27.7 Å². The molecular weight excluding hydrogens is 568 g/mol. The van der Waals surface area contributed by atoms with E-state index in [0.29, 0.717) is 34.9 Å². The first-order valence-electron chi connectivity index (χ1n) is 14.2. The van der Waals surface area contributed by atoms with E-state index in [-0.39, 0.29) is 16.9 Å². The lowest BCUT2D eigenvalue weighted by molar-refractivity contribution is 0.102. The number of carbonyl (C=O) groups excluding carboxylic acids is 1. The monoisotopic (exact) mass is 610 g/mol. The first-order valence-corrected chi connectivity index (χ1v) is 16.1. The van der Waals surface area contributed by atoms with Crippen LogP contribution in [-0.4, -0.2) is 75.8 Å². The van der Waals surface area contributed by atoms with Gasteiger partial charge in [-0.1, -0.05) is 26.8 Å². The molecule has 0 radical (unpaired) electrons. The van der Waals surface area contributed by atoms with Crippen LogP contribution in [0.15, 0.2) is 42.6 Å². The predicted octanol–water partition coefficient (Wildman–Crippen LogP) is 5.04. The lowest BCUT2D eigenvalue weighted by Crippen LogP contribution is -2.42. The van der Waals surface area contributed by atoms with Gasteiger partial charge in [-0.25, -0.2) is 13.4 Å². The maximum atomic E-state index is 13.5. The summed E-state index contributed by atoms with van der Waals surface area (Å²) in [6.07, 6.45) is 4.81. The Labute approximate surface area is 254 Å². The Morgan fingerprint density at radius 2 is 1.74 bits per heavy atom. The van der Waals surface area contributed by atoms with E-state index in [0.717, 1.165) is 43.3 Å². The van der Waals surface area contributed by atoms with Crippen LogP contribution in [0.1, 0.15) is 55.1 Å². The number of rotatable bonds is 9. The molecule has 1 amide bonds. The molecule has 12 heteroatoms. The van der Waals surface area contributed by atoms with Crippen molar-refractivity contribution in [3.63, 3.8) is 0 Å². The number of nitrogens with one attached hydrogen (secondary N) is 2. The third-order valence-electron chi connectivity index (χ3n) is 7.46. The molecule has 1 aromatic heterocycles. The highest BCUT2D eigenvalue weighted by Gasteiger charge is 2.24. The number of aryl methyl sites for hydroxylation is 1. The van der Waals surface area contributed by atoms with Gasteiger partial charge in [0.15, 0.2) is 5.75 Å².